The zero-order valence-electron chi connectivity index (χ0n) is 11.8. The van der Waals surface area contributed by atoms with Crippen LogP contribution in [0.2, 0.25) is 0 Å². The molecule has 0 spiro atoms. The van der Waals surface area contributed by atoms with Crippen LogP contribution < -0.4 is 5.32 Å². The van der Waals surface area contributed by atoms with Crippen molar-refractivity contribution >= 4 is 17.7 Å². The van der Waals surface area contributed by atoms with Gasteiger partial charge in [-0.15, -0.1) is 0 Å². The molecule has 2 fully saturated rings. The van der Waals surface area contributed by atoms with Crippen molar-refractivity contribution in [2.75, 3.05) is 12.3 Å². The van der Waals surface area contributed by atoms with Crippen LogP contribution in [0.3, 0.4) is 0 Å². The minimum absolute atomic E-state index is 0.0351. The van der Waals surface area contributed by atoms with Gasteiger partial charge in [-0.1, -0.05) is 27.2 Å². The molecule has 2 aliphatic heterocycles. The quantitative estimate of drug-likeness (QED) is 0.833. The molecule has 3 unspecified atom stereocenters. The Hall–Kier alpha value is -0.220. The van der Waals surface area contributed by atoms with Crippen molar-refractivity contribution in [2.45, 2.75) is 63.9 Å². The lowest BCUT2D eigenvalue weighted by atomic mass is 10.1. The molecule has 0 aromatic carbocycles. The largest absolute Gasteiger partial charge is 0.325 e. The molecule has 3 atom stereocenters. The molecule has 0 radical (unpaired) electrons. The number of carbonyl (C=O) groups is 1. The van der Waals surface area contributed by atoms with Gasteiger partial charge in [0.2, 0.25) is 5.91 Å². The molecule has 4 heteroatoms. The number of thioether (sulfide) groups is 1. The fourth-order valence-electron chi connectivity index (χ4n) is 2.92. The fraction of sp³-hybridized carbons (Fsp3) is 0.929. The second-order valence-corrected chi connectivity index (χ2v) is 7.23. The highest BCUT2D eigenvalue weighted by Gasteiger charge is 2.40. The number of hydrogen-bond acceptors (Lipinski definition) is 3. The smallest absolute Gasteiger partial charge is 0.241 e. The summed E-state index contributed by atoms with van der Waals surface area (Å²) in [7, 11) is 0. The van der Waals surface area contributed by atoms with Crippen LogP contribution in [0.5, 0.6) is 0 Å². The van der Waals surface area contributed by atoms with Crippen molar-refractivity contribution in [3.05, 3.63) is 0 Å². The zero-order valence-corrected chi connectivity index (χ0v) is 12.6. The number of nitrogens with one attached hydrogen (secondary N) is 1. The predicted molar refractivity (Wildman–Crippen MR) is 77.7 cm³/mol. The monoisotopic (exact) mass is 270 g/mol. The highest BCUT2D eigenvalue weighted by atomic mass is 32.2. The standard InChI is InChI=1S/C14H26N2OS/c1-4-6-12-15-13(10(2)3)14(17)16(12)9-11-7-5-8-18-11/h10-13,15H,4-9H2,1-3H3. The highest BCUT2D eigenvalue weighted by Crippen LogP contribution is 2.29. The van der Waals surface area contributed by atoms with Gasteiger partial charge in [-0.25, -0.2) is 0 Å². The maximum absolute atomic E-state index is 12.5. The highest BCUT2D eigenvalue weighted by molar-refractivity contribution is 8.00. The summed E-state index contributed by atoms with van der Waals surface area (Å²) < 4.78 is 0. The van der Waals surface area contributed by atoms with Crippen molar-refractivity contribution < 1.29 is 4.79 Å². The number of carbonyl (C=O) groups excluding carboxylic acids is 1. The average molecular weight is 270 g/mol. The Balaban J connectivity index is 2.01. The first-order valence-electron chi connectivity index (χ1n) is 7.31. The molecule has 0 aromatic heterocycles. The van der Waals surface area contributed by atoms with E-state index in [9.17, 15) is 4.79 Å². The molecule has 0 aromatic rings. The zero-order chi connectivity index (χ0) is 13.1. The van der Waals surface area contributed by atoms with Gasteiger partial charge in [-0.05, 0) is 30.9 Å². The van der Waals surface area contributed by atoms with Gasteiger partial charge in [0, 0.05) is 11.8 Å². The van der Waals surface area contributed by atoms with E-state index in [0.29, 0.717) is 17.1 Å². The van der Waals surface area contributed by atoms with Gasteiger partial charge in [-0.2, -0.15) is 11.8 Å². The second kappa shape index (κ2) is 6.29. The third-order valence-electron chi connectivity index (χ3n) is 3.95. The fourth-order valence-corrected chi connectivity index (χ4v) is 4.18. The molecule has 0 aliphatic carbocycles. The minimum Gasteiger partial charge on any atom is -0.325 e. The Morgan fingerprint density at radius 1 is 1.50 bits per heavy atom. The summed E-state index contributed by atoms with van der Waals surface area (Å²) in [5, 5.41) is 4.20. The third kappa shape index (κ3) is 3.02. The van der Waals surface area contributed by atoms with Crippen LogP contribution in [0.1, 0.15) is 46.5 Å². The molecule has 2 aliphatic rings. The van der Waals surface area contributed by atoms with Gasteiger partial charge in [0.1, 0.15) is 0 Å². The maximum atomic E-state index is 12.5. The summed E-state index contributed by atoms with van der Waals surface area (Å²) in [6.07, 6.45) is 5.07. The van der Waals surface area contributed by atoms with E-state index in [4.69, 9.17) is 0 Å². The first kappa shape index (κ1) is 14.2. The van der Waals surface area contributed by atoms with Gasteiger partial charge in [0.25, 0.3) is 0 Å². The predicted octanol–water partition coefficient (Wildman–Crippen LogP) is 2.46. The lowest BCUT2D eigenvalue weighted by molar-refractivity contribution is -0.130. The molecule has 1 N–H and O–H groups in total. The number of amides is 1. The van der Waals surface area contributed by atoms with Gasteiger partial charge >= 0.3 is 0 Å². The summed E-state index contributed by atoms with van der Waals surface area (Å²) in [6, 6.07) is 0.0351. The average Bonchev–Trinajstić information content (AvgIpc) is 2.92. The van der Waals surface area contributed by atoms with E-state index in [1.807, 2.05) is 11.8 Å². The molecule has 3 nitrogen and oxygen atoms in total. The van der Waals surface area contributed by atoms with E-state index in [1.54, 1.807) is 0 Å². The lowest BCUT2D eigenvalue weighted by Gasteiger charge is -2.26. The molecule has 0 saturated carbocycles. The molecule has 0 bridgehead atoms. The van der Waals surface area contributed by atoms with E-state index in [1.165, 1.54) is 18.6 Å². The summed E-state index contributed by atoms with van der Waals surface area (Å²) in [4.78, 5) is 14.6. The SMILES string of the molecule is CCCC1NC(C(C)C)C(=O)N1CC1CCCS1. The van der Waals surface area contributed by atoms with Gasteiger partial charge in [0.05, 0.1) is 12.2 Å². The maximum Gasteiger partial charge on any atom is 0.241 e. The van der Waals surface area contributed by atoms with Crippen LogP contribution in [-0.4, -0.2) is 40.6 Å². The van der Waals surface area contributed by atoms with E-state index in [2.05, 4.69) is 31.0 Å². The molecule has 2 saturated heterocycles. The lowest BCUT2D eigenvalue weighted by Crippen LogP contribution is -2.40. The molecule has 1 amide bonds. The van der Waals surface area contributed by atoms with Crippen molar-refractivity contribution in [3.8, 4) is 0 Å². The van der Waals surface area contributed by atoms with E-state index in [0.717, 1.165) is 19.4 Å². The molecular weight excluding hydrogens is 244 g/mol. The number of rotatable bonds is 5. The van der Waals surface area contributed by atoms with E-state index < -0.39 is 0 Å². The van der Waals surface area contributed by atoms with Gasteiger partial charge < -0.3 is 4.90 Å². The van der Waals surface area contributed by atoms with Crippen molar-refractivity contribution in [3.63, 3.8) is 0 Å². The van der Waals surface area contributed by atoms with Crippen LogP contribution >= 0.6 is 11.8 Å². The molecule has 2 rings (SSSR count). The van der Waals surface area contributed by atoms with Crippen LogP contribution in [0.25, 0.3) is 0 Å². The third-order valence-corrected chi connectivity index (χ3v) is 5.33. The van der Waals surface area contributed by atoms with Crippen LogP contribution in [0.15, 0.2) is 0 Å². The first-order chi connectivity index (χ1) is 8.63. The Morgan fingerprint density at radius 2 is 2.28 bits per heavy atom. The Kier molecular flexibility index (Phi) is 4.96. The van der Waals surface area contributed by atoms with Crippen molar-refractivity contribution in [1.82, 2.24) is 10.2 Å². The topological polar surface area (TPSA) is 32.3 Å². The molecule has 2 heterocycles. The Labute approximate surface area is 115 Å². The van der Waals surface area contributed by atoms with E-state index >= 15 is 0 Å². The van der Waals surface area contributed by atoms with Gasteiger partial charge in [-0.3, -0.25) is 10.1 Å². The Morgan fingerprint density at radius 3 is 2.83 bits per heavy atom. The van der Waals surface area contributed by atoms with Crippen molar-refractivity contribution in [2.24, 2.45) is 5.92 Å². The number of nitrogens with zero attached hydrogens (tertiary/aromatic N) is 1. The molecule has 18 heavy (non-hydrogen) atoms. The Bertz CT molecular complexity index is 290. The summed E-state index contributed by atoms with van der Waals surface area (Å²) >= 11 is 2.04. The summed E-state index contributed by atoms with van der Waals surface area (Å²) in [6.45, 7) is 7.40. The number of hydrogen-bond donors (Lipinski definition) is 1. The minimum atomic E-state index is 0.0351. The van der Waals surface area contributed by atoms with Crippen LogP contribution in [-0.2, 0) is 4.79 Å². The van der Waals surface area contributed by atoms with Crippen LogP contribution in [0.4, 0.5) is 0 Å². The van der Waals surface area contributed by atoms with E-state index in [-0.39, 0.29) is 12.2 Å². The summed E-state index contributed by atoms with van der Waals surface area (Å²) in [5.74, 6) is 1.99. The first-order valence-corrected chi connectivity index (χ1v) is 8.36. The summed E-state index contributed by atoms with van der Waals surface area (Å²) in [5.41, 5.74) is 0. The normalized spacial score (nSPS) is 32.8. The van der Waals surface area contributed by atoms with Crippen LogP contribution in [0, 0.1) is 5.92 Å². The molecule has 104 valence electrons. The van der Waals surface area contributed by atoms with Crippen molar-refractivity contribution in [1.29, 1.82) is 0 Å². The second-order valence-electron chi connectivity index (χ2n) is 5.82. The molecular formula is C14H26N2OS. The van der Waals surface area contributed by atoms with Gasteiger partial charge in [0.15, 0.2) is 0 Å².